The molecular formula is C16H21N5O2S. The maximum atomic E-state index is 11.6. The predicted molar refractivity (Wildman–Crippen MR) is 97.2 cm³/mol. The number of carbonyl (C=O) groups excluding carboxylic acids is 2. The number of nitrogens with zero attached hydrogens (tertiary/aromatic N) is 3. The molecule has 1 unspecified atom stereocenters. The van der Waals surface area contributed by atoms with Crippen molar-refractivity contribution in [3.05, 3.63) is 36.0 Å². The van der Waals surface area contributed by atoms with E-state index in [1.807, 2.05) is 31.5 Å². The van der Waals surface area contributed by atoms with E-state index in [2.05, 4.69) is 10.6 Å². The second kappa shape index (κ2) is 9.47. The molecule has 128 valence electrons. The van der Waals surface area contributed by atoms with Gasteiger partial charge in [-0.3, -0.25) is 19.8 Å². The maximum absolute atomic E-state index is 11.6. The van der Waals surface area contributed by atoms with Crippen LogP contribution in [-0.2, 0) is 9.59 Å². The highest BCUT2D eigenvalue weighted by Gasteiger charge is 2.10. The Bertz CT molecular complexity index is 654. The zero-order chi connectivity index (χ0) is 18.1. The van der Waals surface area contributed by atoms with Gasteiger partial charge in [0.1, 0.15) is 0 Å². The highest BCUT2D eigenvalue weighted by atomic mass is 32.2. The third-order valence-electron chi connectivity index (χ3n) is 3.14. The molecule has 2 amide bonds. The van der Waals surface area contributed by atoms with E-state index in [9.17, 15) is 9.59 Å². The summed E-state index contributed by atoms with van der Waals surface area (Å²) in [5, 5.41) is 14.5. The first kappa shape index (κ1) is 19.4. The summed E-state index contributed by atoms with van der Waals surface area (Å²) >= 11 is 1.46. The number of aryl methyl sites for hydroxylation is 1. The van der Waals surface area contributed by atoms with E-state index >= 15 is 0 Å². The number of nitriles is 1. The Kier molecular flexibility index (Phi) is 7.65. The molecule has 0 aliphatic heterocycles. The zero-order valence-electron chi connectivity index (χ0n) is 14.1. The lowest BCUT2D eigenvalue weighted by molar-refractivity contribution is -0.123. The van der Waals surface area contributed by atoms with Gasteiger partial charge in [-0.25, -0.2) is 0 Å². The number of rotatable bonds is 8. The smallest absolute Gasteiger partial charge is 0.247 e. The van der Waals surface area contributed by atoms with Gasteiger partial charge in [0, 0.05) is 32.1 Å². The minimum atomic E-state index is -0.236. The minimum absolute atomic E-state index is 0.205. The summed E-state index contributed by atoms with van der Waals surface area (Å²) in [6.45, 7) is 1.87. The van der Waals surface area contributed by atoms with Crippen LogP contribution in [0.4, 0.5) is 11.4 Å². The number of amides is 2. The van der Waals surface area contributed by atoms with E-state index in [-0.39, 0.29) is 11.4 Å². The second-order valence-corrected chi connectivity index (χ2v) is 6.02. The molecule has 0 fully saturated rings. The van der Waals surface area contributed by atoms with Crippen molar-refractivity contribution in [2.75, 3.05) is 30.6 Å². The number of likely N-dealkylation sites (N-methyl/N-ethyl adjacent to an activating group) is 1. The lowest BCUT2D eigenvalue weighted by Gasteiger charge is -2.19. The van der Waals surface area contributed by atoms with Gasteiger partial charge in [-0.15, -0.1) is 11.8 Å². The van der Waals surface area contributed by atoms with Crippen LogP contribution in [0.25, 0.3) is 0 Å². The summed E-state index contributed by atoms with van der Waals surface area (Å²) in [5.74, 6) is -0.205. The third-order valence-corrected chi connectivity index (χ3v) is 3.84. The van der Waals surface area contributed by atoms with Gasteiger partial charge < -0.3 is 10.2 Å². The molecule has 0 saturated heterocycles. The van der Waals surface area contributed by atoms with Crippen molar-refractivity contribution in [1.82, 2.24) is 10.2 Å². The molecule has 0 bridgehead atoms. The molecule has 0 heterocycles. The van der Waals surface area contributed by atoms with Gasteiger partial charge in [-0.2, -0.15) is 5.26 Å². The molecule has 7 nitrogen and oxygen atoms in total. The van der Waals surface area contributed by atoms with Crippen molar-refractivity contribution >= 4 is 35.5 Å². The SMILES string of the molecule is CSC(NC#N)Nc1ccc(N(C=O)/C=C\C(=O)N(C)C)c(C)c1. The van der Waals surface area contributed by atoms with Crippen molar-refractivity contribution < 1.29 is 9.59 Å². The van der Waals surface area contributed by atoms with Crippen LogP contribution in [0.5, 0.6) is 0 Å². The quantitative estimate of drug-likeness (QED) is 0.245. The fourth-order valence-electron chi connectivity index (χ4n) is 1.86. The van der Waals surface area contributed by atoms with Crippen molar-refractivity contribution in [3.63, 3.8) is 0 Å². The molecule has 24 heavy (non-hydrogen) atoms. The number of hydrogen-bond acceptors (Lipinski definition) is 6. The van der Waals surface area contributed by atoms with Crippen LogP contribution < -0.4 is 15.5 Å². The predicted octanol–water partition coefficient (Wildman–Crippen LogP) is 1.69. The van der Waals surface area contributed by atoms with Crippen molar-refractivity contribution in [2.24, 2.45) is 0 Å². The van der Waals surface area contributed by atoms with Gasteiger partial charge in [0.05, 0.1) is 5.69 Å². The first-order valence-corrected chi connectivity index (χ1v) is 8.39. The van der Waals surface area contributed by atoms with Crippen LogP contribution in [0.15, 0.2) is 30.5 Å². The molecule has 0 spiro atoms. The molecule has 0 aromatic heterocycles. The van der Waals surface area contributed by atoms with E-state index in [1.165, 1.54) is 33.8 Å². The fraction of sp³-hybridized carbons (Fsp3) is 0.312. The molecule has 0 aliphatic carbocycles. The first-order chi connectivity index (χ1) is 11.4. The summed E-state index contributed by atoms with van der Waals surface area (Å²) in [4.78, 5) is 25.7. The van der Waals surface area contributed by atoms with E-state index in [1.54, 1.807) is 20.2 Å². The van der Waals surface area contributed by atoms with E-state index in [4.69, 9.17) is 5.26 Å². The molecular weight excluding hydrogens is 326 g/mol. The maximum Gasteiger partial charge on any atom is 0.247 e. The number of benzene rings is 1. The van der Waals surface area contributed by atoms with E-state index < -0.39 is 0 Å². The molecule has 0 saturated carbocycles. The molecule has 1 aromatic rings. The second-order valence-electron chi connectivity index (χ2n) is 5.08. The van der Waals surface area contributed by atoms with Crippen LogP contribution in [-0.4, -0.2) is 43.1 Å². The minimum Gasteiger partial charge on any atom is -0.356 e. The summed E-state index contributed by atoms with van der Waals surface area (Å²) < 4.78 is 0. The Hall–Kier alpha value is -2.66. The summed E-state index contributed by atoms with van der Waals surface area (Å²) in [5.41, 5.74) is 2.11. The Balaban J connectivity index is 2.94. The zero-order valence-corrected chi connectivity index (χ0v) is 14.9. The number of anilines is 2. The van der Waals surface area contributed by atoms with Gasteiger partial charge in [0.2, 0.25) is 12.3 Å². The van der Waals surface area contributed by atoms with Gasteiger partial charge in [0.15, 0.2) is 11.7 Å². The Morgan fingerprint density at radius 3 is 2.62 bits per heavy atom. The van der Waals surface area contributed by atoms with Crippen LogP contribution in [0, 0.1) is 18.4 Å². The Labute approximate surface area is 146 Å². The number of nitrogens with one attached hydrogen (secondary N) is 2. The average Bonchev–Trinajstić information content (AvgIpc) is 2.56. The average molecular weight is 347 g/mol. The molecule has 0 aliphatic rings. The summed E-state index contributed by atoms with van der Waals surface area (Å²) in [7, 11) is 3.28. The van der Waals surface area contributed by atoms with E-state index in [0.29, 0.717) is 12.1 Å². The summed E-state index contributed by atoms with van der Waals surface area (Å²) in [6, 6.07) is 5.46. The lowest BCUT2D eigenvalue weighted by atomic mass is 10.1. The Morgan fingerprint density at radius 2 is 2.12 bits per heavy atom. The Morgan fingerprint density at radius 1 is 1.42 bits per heavy atom. The summed E-state index contributed by atoms with van der Waals surface area (Å²) in [6.07, 6.45) is 7.20. The van der Waals surface area contributed by atoms with Gasteiger partial charge in [-0.1, -0.05) is 0 Å². The molecule has 2 N–H and O–H groups in total. The van der Waals surface area contributed by atoms with Crippen LogP contribution in [0.1, 0.15) is 5.56 Å². The molecule has 1 aromatic carbocycles. The normalized spacial score (nSPS) is 11.5. The molecule has 1 rings (SSSR count). The molecule has 0 radical (unpaired) electrons. The van der Waals surface area contributed by atoms with Gasteiger partial charge in [0.25, 0.3) is 0 Å². The monoisotopic (exact) mass is 347 g/mol. The number of thioether (sulfide) groups is 1. The topological polar surface area (TPSA) is 88.5 Å². The third kappa shape index (κ3) is 5.52. The van der Waals surface area contributed by atoms with E-state index in [0.717, 1.165) is 11.3 Å². The van der Waals surface area contributed by atoms with Crippen molar-refractivity contribution in [2.45, 2.75) is 12.4 Å². The van der Waals surface area contributed by atoms with Crippen LogP contribution in [0.3, 0.4) is 0 Å². The number of carbonyl (C=O) groups is 2. The number of hydrogen-bond donors (Lipinski definition) is 2. The largest absolute Gasteiger partial charge is 0.356 e. The highest BCUT2D eigenvalue weighted by Crippen LogP contribution is 2.24. The van der Waals surface area contributed by atoms with Gasteiger partial charge >= 0.3 is 0 Å². The highest BCUT2D eigenvalue weighted by molar-refractivity contribution is 7.99. The van der Waals surface area contributed by atoms with Crippen LogP contribution >= 0.6 is 11.8 Å². The van der Waals surface area contributed by atoms with Gasteiger partial charge in [-0.05, 0) is 36.9 Å². The standard InChI is InChI=1S/C16H21N5O2S/c1-12-9-13(19-16(24-4)18-10-17)5-6-14(12)21(11-22)8-7-15(23)20(2)3/h5-9,11,16,18-19H,1-4H3/b8-7-. The molecule has 8 heteroatoms. The van der Waals surface area contributed by atoms with Crippen molar-refractivity contribution in [1.29, 1.82) is 5.26 Å². The van der Waals surface area contributed by atoms with Crippen molar-refractivity contribution in [3.8, 4) is 6.19 Å². The first-order valence-electron chi connectivity index (χ1n) is 7.10. The lowest BCUT2D eigenvalue weighted by Crippen LogP contribution is -2.29. The molecule has 1 atom stereocenters. The fourth-order valence-corrected chi connectivity index (χ4v) is 2.29. The van der Waals surface area contributed by atoms with Crippen LogP contribution in [0.2, 0.25) is 0 Å².